The summed E-state index contributed by atoms with van der Waals surface area (Å²) in [5, 5.41) is 8.61. The smallest absolute Gasteiger partial charge is 0.0410 e. The van der Waals surface area contributed by atoms with Gasteiger partial charge in [0.05, 0.1) is 0 Å². The molecule has 0 aliphatic carbocycles. The Kier molecular flexibility index (Phi) is 5.25. The third-order valence-corrected chi connectivity index (χ3v) is 4.49. The van der Waals surface area contributed by atoms with Crippen LogP contribution in [0.1, 0.15) is 24.1 Å². The van der Waals surface area contributed by atoms with E-state index in [-0.39, 0.29) is 6.04 Å². The minimum absolute atomic E-state index is 0.290. The summed E-state index contributed by atoms with van der Waals surface area (Å²) in [7, 11) is 0. The number of likely N-dealkylation sites (N-methyl/N-ethyl adjacent to an activating group) is 1. The van der Waals surface area contributed by atoms with E-state index in [2.05, 4.69) is 45.0 Å². The van der Waals surface area contributed by atoms with Crippen molar-refractivity contribution >= 4 is 38.9 Å². The van der Waals surface area contributed by atoms with Crippen LogP contribution in [0.25, 0.3) is 0 Å². The normalized spacial score (nSPS) is 12.6. The number of halogens is 2. The second kappa shape index (κ2) is 6.71. The molecule has 0 fully saturated rings. The van der Waals surface area contributed by atoms with Crippen molar-refractivity contribution in [1.82, 2.24) is 5.32 Å². The summed E-state index contributed by atoms with van der Waals surface area (Å²) in [5.41, 5.74) is 2.58. The Bertz CT molecular complexity index is 499. The van der Waals surface area contributed by atoms with Crippen LogP contribution in [0.5, 0.6) is 0 Å². The molecule has 18 heavy (non-hydrogen) atoms. The van der Waals surface area contributed by atoms with Crippen LogP contribution in [0, 0.1) is 0 Å². The lowest BCUT2D eigenvalue weighted by atomic mass is 10.0. The number of rotatable bonds is 5. The highest BCUT2D eigenvalue weighted by molar-refractivity contribution is 9.10. The van der Waals surface area contributed by atoms with E-state index in [1.807, 2.05) is 18.2 Å². The zero-order valence-electron chi connectivity index (χ0n) is 10.1. The van der Waals surface area contributed by atoms with Crippen molar-refractivity contribution in [3.63, 3.8) is 0 Å². The Labute approximate surface area is 125 Å². The molecule has 0 aliphatic rings. The number of hydrogen-bond acceptors (Lipinski definition) is 2. The van der Waals surface area contributed by atoms with Gasteiger partial charge in [-0.25, -0.2) is 0 Å². The van der Waals surface area contributed by atoms with E-state index in [1.165, 1.54) is 11.1 Å². The molecule has 96 valence electrons. The lowest BCUT2D eigenvalue weighted by Crippen LogP contribution is -2.23. The fourth-order valence-corrected chi connectivity index (χ4v) is 3.35. The molecule has 2 aromatic rings. The fourth-order valence-electron chi connectivity index (χ4n) is 1.96. The van der Waals surface area contributed by atoms with Crippen LogP contribution < -0.4 is 5.32 Å². The van der Waals surface area contributed by atoms with Gasteiger partial charge >= 0.3 is 0 Å². The third-order valence-electron chi connectivity index (χ3n) is 2.80. The molecule has 1 N–H and O–H groups in total. The molecular weight excluding hydrogens is 330 g/mol. The summed E-state index contributed by atoms with van der Waals surface area (Å²) in [4.78, 5) is 0. The molecule has 1 unspecified atom stereocenters. The Morgan fingerprint density at radius 2 is 2.22 bits per heavy atom. The molecule has 1 aromatic carbocycles. The van der Waals surface area contributed by atoms with Gasteiger partial charge in [-0.05, 0) is 59.1 Å². The Morgan fingerprint density at radius 1 is 1.39 bits per heavy atom. The van der Waals surface area contributed by atoms with Gasteiger partial charge in [0.2, 0.25) is 0 Å². The average Bonchev–Trinajstić information content (AvgIpc) is 2.85. The molecule has 2 rings (SSSR count). The van der Waals surface area contributed by atoms with Crippen molar-refractivity contribution in [2.75, 3.05) is 6.54 Å². The van der Waals surface area contributed by atoms with Gasteiger partial charge in [0.15, 0.2) is 0 Å². The van der Waals surface area contributed by atoms with E-state index in [0.29, 0.717) is 0 Å². The van der Waals surface area contributed by atoms with Crippen LogP contribution in [0.15, 0.2) is 39.5 Å². The fraction of sp³-hybridized carbons (Fsp3) is 0.286. The third kappa shape index (κ3) is 3.58. The summed E-state index contributed by atoms with van der Waals surface area (Å²) in [6.45, 7) is 3.06. The van der Waals surface area contributed by atoms with Crippen LogP contribution >= 0.6 is 38.9 Å². The summed E-state index contributed by atoms with van der Waals surface area (Å²) in [6.07, 6.45) is 0.982. The first kappa shape index (κ1) is 14.1. The first-order valence-corrected chi connectivity index (χ1v) is 8.01. The highest BCUT2D eigenvalue weighted by atomic mass is 79.9. The van der Waals surface area contributed by atoms with E-state index in [0.717, 1.165) is 22.5 Å². The highest BCUT2D eigenvalue weighted by Gasteiger charge is 2.15. The minimum Gasteiger partial charge on any atom is -0.310 e. The molecule has 1 heterocycles. The van der Waals surface area contributed by atoms with E-state index in [9.17, 15) is 0 Å². The monoisotopic (exact) mass is 343 g/mol. The van der Waals surface area contributed by atoms with Crippen LogP contribution in [-0.4, -0.2) is 6.54 Å². The molecule has 1 aromatic heterocycles. The van der Waals surface area contributed by atoms with Crippen molar-refractivity contribution in [2.24, 2.45) is 0 Å². The van der Waals surface area contributed by atoms with Gasteiger partial charge in [0, 0.05) is 15.5 Å². The highest BCUT2D eigenvalue weighted by Crippen LogP contribution is 2.29. The standard InChI is InChI=1S/C14H15BrClNS/c1-2-17-14(7-10-5-6-18-9-10)12-8-11(16)3-4-13(12)15/h3-6,8-9,14,17H,2,7H2,1H3. The van der Waals surface area contributed by atoms with Gasteiger partial charge in [0.25, 0.3) is 0 Å². The van der Waals surface area contributed by atoms with Crippen molar-refractivity contribution in [2.45, 2.75) is 19.4 Å². The number of nitrogens with one attached hydrogen (secondary N) is 1. The zero-order chi connectivity index (χ0) is 13.0. The van der Waals surface area contributed by atoms with E-state index in [1.54, 1.807) is 11.3 Å². The molecule has 0 amide bonds. The molecule has 0 radical (unpaired) electrons. The van der Waals surface area contributed by atoms with E-state index in [4.69, 9.17) is 11.6 Å². The Balaban J connectivity index is 2.26. The summed E-state index contributed by atoms with van der Waals surface area (Å²) in [5.74, 6) is 0. The number of hydrogen-bond donors (Lipinski definition) is 1. The van der Waals surface area contributed by atoms with Gasteiger partial charge < -0.3 is 5.32 Å². The molecule has 0 saturated heterocycles. The minimum atomic E-state index is 0.290. The topological polar surface area (TPSA) is 12.0 Å². The van der Waals surface area contributed by atoms with Crippen LogP contribution in [0.4, 0.5) is 0 Å². The Hall–Kier alpha value is -0.350. The SMILES string of the molecule is CCNC(Cc1ccsc1)c1cc(Cl)ccc1Br. The second-order valence-corrected chi connectivity index (χ2v) is 6.18. The maximum atomic E-state index is 6.10. The predicted molar refractivity (Wildman–Crippen MR) is 83.6 cm³/mol. The van der Waals surface area contributed by atoms with Crippen LogP contribution in [-0.2, 0) is 6.42 Å². The van der Waals surface area contributed by atoms with Gasteiger partial charge in [-0.3, -0.25) is 0 Å². The maximum Gasteiger partial charge on any atom is 0.0410 e. The van der Waals surface area contributed by atoms with Gasteiger partial charge in [-0.1, -0.05) is 34.5 Å². The lowest BCUT2D eigenvalue weighted by molar-refractivity contribution is 0.548. The maximum absolute atomic E-state index is 6.10. The van der Waals surface area contributed by atoms with E-state index >= 15 is 0 Å². The molecular formula is C14H15BrClNS. The van der Waals surface area contributed by atoms with Crippen molar-refractivity contribution < 1.29 is 0 Å². The van der Waals surface area contributed by atoms with Crippen LogP contribution in [0.2, 0.25) is 5.02 Å². The molecule has 0 spiro atoms. The van der Waals surface area contributed by atoms with Gasteiger partial charge in [-0.15, -0.1) is 0 Å². The summed E-state index contributed by atoms with van der Waals surface area (Å²) >= 11 is 11.4. The molecule has 4 heteroatoms. The van der Waals surface area contributed by atoms with E-state index < -0.39 is 0 Å². The predicted octanol–water partition coefficient (Wildman–Crippen LogP) is 5.06. The number of thiophene rings is 1. The van der Waals surface area contributed by atoms with Crippen molar-refractivity contribution in [3.8, 4) is 0 Å². The zero-order valence-corrected chi connectivity index (χ0v) is 13.3. The number of benzene rings is 1. The van der Waals surface area contributed by atoms with Gasteiger partial charge in [0.1, 0.15) is 0 Å². The average molecular weight is 345 g/mol. The van der Waals surface area contributed by atoms with Gasteiger partial charge in [-0.2, -0.15) is 11.3 Å². The lowest BCUT2D eigenvalue weighted by Gasteiger charge is -2.19. The first-order chi connectivity index (χ1) is 8.70. The summed E-state index contributed by atoms with van der Waals surface area (Å²) < 4.78 is 1.10. The largest absolute Gasteiger partial charge is 0.310 e. The molecule has 1 atom stereocenters. The quantitative estimate of drug-likeness (QED) is 0.799. The molecule has 0 bridgehead atoms. The first-order valence-electron chi connectivity index (χ1n) is 5.90. The summed E-state index contributed by atoms with van der Waals surface area (Å²) in [6, 6.07) is 8.41. The molecule has 0 saturated carbocycles. The van der Waals surface area contributed by atoms with Crippen molar-refractivity contribution in [3.05, 3.63) is 55.6 Å². The second-order valence-electron chi connectivity index (χ2n) is 4.11. The molecule has 0 aliphatic heterocycles. The Morgan fingerprint density at radius 3 is 2.89 bits per heavy atom. The van der Waals surface area contributed by atoms with Crippen LogP contribution in [0.3, 0.4) is 0 Å². The molecule has 1 nitrogen and oxygen atoms in total. The van der Waals surface area contributed by atoms with Crippen molar-refractivity contribution in [1.29, 1.82) is 0 Å².